The SMILES string of the molecule is CC(Sc1nnc(-c2ccncc2)n1Cc1ccccc1)c1nnc(-c2cccs2)o1. The molecular weight excluding hydrogens is 428 g/mol. The molecule has 0 N–H and O–H groups in total. The highest BCUT2D eigenvalue weighted by Gasteiger charge is 2.22. The van der Waals surface area contributed by atoms with Gasteiger partial charge in [0.1, 0.15) is 0 Å². The van der Waals surface area contributed by atoms with Gasteiger partial charge < -0.3 is 4.42 Å². The number of benzene rings is 1. The van der Waals surface area contributed by atoms with Crippen LogP contribution in [-0.4, -0.2) is 29.9 Å². The van der Waals surface area contributed by atoms with Gasteiger partial charge in [0.25, 0.3) is 5.89 Å². The molecule has 31 heavy (non-hydrogen) atoms. The Balaban J connectivity index is 1.45. The Kier molecular flexibility index (Phi) is 5.59. The lowest BCUT2D eigenvalue weighted by molar-refractivity contribution is 0.509. The van der Waals surface area contributed by atoms with Gasteiger partial charge in [0.2, 0.25) is 5.89 Å². The van der Waals surface area contributed by atoms with E-state index < -0.39 is 0 Å². The standard InChI is InChI=1S/C22H18N6OS2/c1-15(20-25-26-21(29-20)18-8-5-13-30-18)31-22-27-24-19(17-9-11-23-12-10-17)28(22)14-16-6-3-2-4-7-16/h2-13,15H,14H2,1H3. The number of pyridine rings is 1. The van der Waals surface area contributed by atoms with Gasteiger partial charge in [-0.15, -0.1) is 31.7 Å². The van der Waals surface area contributed by atoms with Crippen molar-refractivity contribution in [2.24, 2.45) is 0 Å². The summed E-state index contributed by atoms with van der Waals surface area (Å²) in [5.41, 5.74) is 2.14. The second-order valence-corrected chi connectivity index (χ2v) is 9.05. The zero-order valence-corrected chi connectivity index (χ0v) is 18.3. The van der Waals surface area contributed by atoms with Crippen molar-refractivity contribution in [1.82, 2.24) is 29.9 Å². The molecule has 0 saturated heterocycles. The topological polar surface area (TPSA) is 82.5 Å². The third kappa shape index (κ3) is 4.28. The van der Waals surface area contributed by atoms with Crippen molar-refractivity contribution in [3.05, 3.63) is 83.8 Å². The number of thiophene rings is 1. The molecule has 0 saturated carbocycles. The van der Waals surface area contributed by atoms with Crippen molar-refractivity contribution >= 4 is 23.1 Å². The molecule has 0 spiro atoms. The third-order valence-electron chi connectivity index (χ3n) is 4.64. The maximum absolute atomic E-state index is 5.91. The Morgan fingerprint density at radius 1 is 0.968 bits per heavy atom. The quantitative estimate of drug-likeness (QED) is 0.312. The first-order chi connectivity index (χ1) is 15.3. The molecule has 5 rings (SSSR count). The van der Waals surface area contributed by atoms with Gasteiger partial charge in [-0.2, -0.15) is 0 Å². The Morgan fingerprint density at radius 3 is 2.58 bits per heavy atom. The van der Waals surface area contributed by atoms with Crippen LogP contribution in [0.1, 0.15) is 23.6 Å². The maximum atomic E-state index is 5.91. The van der Waals surface area contributed by atoms with E-state index in [1.54, 1.807) is 35.5 Å². The molecule has 4 heterocycles. The van der Waals surface area contributed by atoms with Crippen LogP contribution in [0.15, 0.2) is 81.9 Å². The number of hydrogen-bond acceptors (Lipinski definition) is 8. The fraction of sp³-hybridized carbons (Fsp3) is 0.136. The largest absolute Gasteiger partial charge is 0.419 e. The summed E-state index contributed by atoms with van der Waals surface area (Å²) in [7, 11) is 0. The van der Waals surface area contributed by atoms with Crippen molar-refractivity contribution in [2.75, 3.05) is 0 Å². The fourth-order valence-electron chi connectivity index (χ4n) is 3.11. The minimum absolute atomic E-state index is 0.0785. The second kappa shape index (κ2) is 8.83. The second-order valence-electron chi connectivity index (χ2n) is 6.80. The summed E-state index contributed by atoms with van der Waals surface area (Å²) in [6, 6.07) is 18.1. The monoisotopic (exact) mass is 446 g/mol. The summed E-state index contributed by atoms with van der Waals surface area (Å²) in [4.78, 5) is 5.07. The average Bonchev–Trinajstić information content (AvgIpc) is 3.57. The molecule has 154 valence electrons. The molecule has 9 heteroatoms. The molecule has 0 fully saturated rings. The van der Waals surface area contributed by atoms with E-state index in [4.69, 9.17) is 4.42 Å². The first kappa shape index (κ1) is 19.7. The molecule has 0 aliphatic rings. The molecule has 0 bridgehead atoms. The summed E-state index contributed by atoms with van der Waals surface area (Å²) in [6.45, 7) is 2.69. The van der Waals surface area contributed by atoms with Crippen LogP contribution in [0, 0.1) is 0 Å². The van der Waals surface area contributed by atoms with Crippen LogP contribution in [-0.2, 0) is 6.54 Å². The van der Waals surface area contributed by atoms with Crippen LogP contribution in [0.3, 0.4) is 0 Å². The molecule has 1 atom stereocenters. The van der Waals surface area contributed by atoms with Crippen LogP contribution in [0.2, 0.25) is 0 Å². The molecule has 0 radical (unpaired) electrons. The van der Waals surface area contributed by atoms with Crippen LogP contribution in [0.25, 0.3) is 22.2 Å². The van der Waals surface area contributed by atoms with Crippen molar-refractivity contribution in [1.29, 1.82) is 0 Å². The van der Waals surface area contributed by atoms with Gasteiger partial charge in [-0.1, -0.05) is 48.2 Å². The zero-order valence-electron chi connectivity index (χ0n) is 16.6. The van der Waals surface area contributed by atoms with E-state index in [1.807, 2.05) is 54.8 Å². The Morgan fingerprint density at radius 2 is 1.81 bits per heavy atom. The smallest absolute Gasteiger partial charge is 0.257 e. The van der Waals surface area contributed by atoms with E-state index in [9.17, 15) is 0 Å². The van der Waals surface area contributed by atoms with Gasteiger partial charge in [-0.3, -0.25) is 9.55 Å². The fourth-order valence-corrected chi connectivity index (χ4v) is 4.63. The average molecular weight is 447 g/mol. The highest BCUT2D eigenvalue weighted by molar-refractivity contribution is 7.99. The number of rotatable bonds is 7. The predicted octanol–water partition coefficient (Wildman–Crippen LogP) is 5.35. The highest BCUT2D eigenvalue weighted by atomic mass is 32.2. The van der Waals surface area contributed by atoms with E-state index >= 15 is 0 Å². The Hall–Kier alpha value is -3.30. The maximum Gasteiger partial charge on any atom is 0.257 e. The van der Waals surface area contributed by atoms with Gasteiger partial charge in [-0.25, -0.2) is 0 Å². The summed E-state index contributed by atoms with van der Waals surface area (Å²) in [5.74, 6) is 1.90. The molecule has 4 aromatic heterocycles. The molecule has 1 unspecified atom stereocenters. The van der Waals surface area contributed by atoms with Crippen LogP contribution in [0.4, 0.5) is 0 Å². The van der Waals surface area contributed by atoms with Crippen LogP contribution in [0.5, 0.6) is 0 Å². The van der Waals surface area contributed by atoms with Crippen molar-refractivity contribution in [3.63, 3.8) is 0 Å². The van der Waals surface area contributed by atoms with Gasteiger partial charge in [0.05, 0.1) is 16.7 Å². The summed E-state index contributed by atoms with van der Waals surface area (Å²) in [5, 5.41) is 20.1. The van der Waals surface area contributed by atoms with E-state index in [0.29, 0.717) is 18.3 Å². The van der Waals surface area contributed by atoms with E-state index in [2.05, 4.69) is 42.1 Å². The third-order valence-corrected chi connectivity index (χ3v) is 6.57. The van der Waals surface area contributed by atoms with Gasteiger partial charge in [-0.05, 0) is 36.1 Å². The lowest BCUT2D eigenvalue weighted by atomic mass is 10.2. The minimum Gasteiger partial charge on any atom is -0.419 e. The van der Waals surface area contributed by atoms with Crippen molar-refractivity contribution in [2.45, 2.75) is 23.9 Å². The van der Waals surface area contributed by atoms with E-state index in [0.717, 1.165) is 21.4 Å². The first-order valence-corrected chi connectivity index (χ1v) is 11.5. The van der Waals surface area contributed by atoms with E-state index in [-0.39, 0.29) is 5.25 Å². The Labute approximate surface area is 187 Å². The molecular formula is C22H18N6OS2. The summed E-state index contributed by atoms with van der Waals surface area (Å²) in [6.07, 6.45) is 3.52. The molecule has 0 aliphatic heterocycles. The molecule has 0 aliphatic carbocycles. The number of nitrogens with zero attached hydrogens (tertiary/aromatic N) is 6. The van der Waals surface area contributed by atoms with E-state index in [1.165, 1.54) is 5.56 Å². The lowest BCUT2D eigenvalue weighted by Crippen LogP contribution is -2.05. The molecule has 1 aromatic carbocycles. The normalized spacial score (nSPS) is 12.2. The summed E-state index contributed by atoms with van der Waals surface area (Å²) >= 11 is 3.12. The van der Waals surface area contributed by atoms with Crippen molar-refractivity contribution < 1.29 is 4.42 Å². The first-order valence-electron chi connectivity index (χ1n) is 9.69. The Bertz CT molecular complexity index is 1250. The zero-order chi connectivity index (χ0) is 21.0. The van der Waals surface area contributed by atoms with Crippen LogP contribution >= 0.6 is 23.1 Å². The van der Waals surface area contributed by atoms with Gasteiger partial charge >= 0.3 is 0 Å². The summed E-state index contributed by atoms with van der Waals surface area (Å²) < 4.78 is 8.03. The lowest BCUT2D eigenvalue weighted by Gasteiger charge is -2.12. The van der Waals surface area contributed by atoms with Gasteiger partial charge in [0, 0.05) is 18.0 Å². The molecule has 5 aromatic rings. The number of hydrogen-bond donors (Lipinski definition) is 0. The van der Waals surface area contributed by atoms with Crippen LogP contribution < -0.4 is 0 Å². The molecule has 0 amide bonds. The highest BCUT2D eigenvalue weighted by Crippen LogP contribution is 2.36. The number of aromatic nitrogens is 6. The minimum atomic E-state index is -0.0785. The number of thioether (sulfide) groups is 1. The molecule has 7 nitrogen and oxygen atoms in total. The predicted molar refractivity (Wildman–Crippen MR) is 121 cm³/mol. The van der Waals surface area contributed by atoms with Crippen molar-refractivity contribution in [3.8, 4) is 22.2 Å². The van der Waals surface area contributed by atoms with Gasteiger partial charge in [0.15, 0.2) is 11.0 Å².